The van der Waals surface area contributed by atoms with Crippen molar-refractivity contribution in [3.8, 4) is 0 Å². The van der Waals surface area contributed by atoms with E-state index in [1.54, 1.807) is 77.1 Å². The lowest BCUT2D eigenvalue weighted by atomic mass is 10.0. The fourth-order valence-electron chi connectivity index (χ4n) is 4.84. The number of ether oxygens (including phenoxy) is 1. The molecule has 6 amide bonds. The quantitative estimate of drug-likeness (QED) is 0.0925. The van der Waals surface area contributed by atoms with Crippen molar-refractivity contribution in [2.24, 2.45) is 11.7 Å². The molecule has 2 aromatic rings. The van der Waals surface area contributed by atoms with Crippen LogP contribution in [0.2, 0.25) is 0 Å². The van der Waals surface area contributed by atoms with E-state index in [0.717, 1.165) is 0 Å². The molecule has 0 bridgehead atoms. The topological polar surface area (TPSA) is 247 Å². The van der Waals surface area contributed by atoms with Gasteiger partial charge in [0.15, 0.2) is 0 Å². The molecule has 17 heteroatoms. The van der Waals surface area contributed by atoms with E-state index in [1.165, 1.54) is 12.1 Å². The number of amides is 6. The molecule has 16 nitrogen and oxygen atoms in total. The highest BCUT2D eigenvalue weighted by Gasteiger charge is 2.32. The van der Waals surface area contributed by atoms with Gasteiger partial charge in [-0.15, -0.1) is 0 Å². The average Bonchev–Trinajstić information content (AvgIpc) is 3.07. The van der Waals surface area contributed by atoms with E-state index < -0.39 is 69.5 Å². The van der Waals surface area contributed by atoms with Crippen molar-refractivity contribution in [2.75, 3.05) is 18.4 Å². The molecule has 9 N–H and O–H groups in total. The van der Waals surface area contributed by atoms with Crippen molar-refractivity contribution in [3.05, 3.63) is 60.2 Å². The van der Waals surface area contributed by atoms with Crippen molar-refractivity contribution < 1.29 is 42.2 Å². The second-order valence-corrected chi connectivity index (χ2v) is 15.2. The maximum atomic E-state index is 13.7. The van der Waals surface area contributed by atoms with Crippen molar-refractivity contribution in [2.45, 2.75) is 102 Å². The van der Waals surface area contributed by atoms with Crippen molar-refractivity contribution >= 4 is 45.6 Å². The predicted molar refractivity (Wildman–Crippen MR) is 195 cm³/mol. The molecule has 0 saturated carbocycles. The summed E-state index contributed by atoms with van der Waals surface area (Å²) in [5.74, 6) is -2.50. The van der Waals surface area contributed by atoms with Crippen LogP contribution in [0.25, 0.3) is 0 Å². The summed E-state index contributed by atoms with van der Waals surface area (Å²) in [5.41, 5.74) is 5.52. The number of aliphatic hydroxyl groups excluding tert-OH is 1. The zero-order valence-electron chi connectivity index (χ0n) is 30.4. The van der Waals surface area contributed by atoms with Gasteiger partial charge in [0.25, 0.3) is 0 Å². The van der Waals surface area contributed by atoms with Gasteiger partial charge in [0.2, 0.25) is 27.7 Å². The third-order valence-corrected chi connectivity index (χ3v) is 9.00. The van der Waals surface area contributed by atoms with E-state index in [-0.39, 0.29) is 43.9 Å². The number of unbranched alkanes of at least 4 members (excludes halogenated alkanes) is 1. The van der Waals surface area contributed by atoms with Gasteiger partial charge >= 0.3 is 12.1 Å². The monoisotopic (exact) mass is 747 g/mol. The number of alkyl carbamates (subject to hydrolysis) is 1. The fourth-order valence-corrected chi connectivity index (χ4v) is 6.09. The number of aliphatic hydroxyl groups is 1. The summed E-state index contributed by atoms with van der Waals surface area (Å²) in [6, 6.07) is 9.67. The molecule has 2 aromatic carbocycles. The third-order valence-electron chi connectivity index (χ3n) is 7.51. The molecule has 3 atom stereocenters. The molecule has 0 spiro atoms. The summed E-state index contributed by atoms with van der Waals surface area (Å²) < 4.78 is 34.2. The summed E-state index contributed by atoms with van der Waals surface area (Å²) in [5, 5.41) is 22.5. The third kappa shape index (κ3) is 16.1. The second kappa shape index (κ2) is 20.9. The molecule has 288 valence electrons. The van der Waals surface area contributed by atoms with Gasteiger partial charge < -0.3 is 42.2 Å². The maximum Gasteiger partial charge on any atom is 0.407 e. The van der Waals surface area contributed by atoms with Crippen molar-refractivity contribution in [3.63, 3.8) is 0 Å². The number of hydrogen-bond acceptors (Lipinski definition) is 9. The van der Waals surface area contributed by atoms with Crippen LogP contribution in [-0.4, -0.2) is 80.2 Å². The molecule has 0 aromatic heterocycles. The molecular formula is C35H53N7O9S. The first-order valence-electron chi connectivity index (χ1n) is 17.1. The standard InChI is InChI=1S/C35H53N7O9S/c1-23(2)29(32(46)40-27(15-11-21-37-33(36)47)30(44)39-25-18-16-24(22-43)17-19-25)41-31(45)28(42-52(49,50)26-12-7-6-8-13-26)14-9-10-20-38-34(48)51-35(3,4)5/h6-8,12-13,16-19,23,27-29,42-43H,9-11,14-15,20-22H2,1-5H3,(H,38,48)(H,39,44)(H,40,46)(H,41,45)(H3,36,37,47)/t27-,28-,29-/m0/s1. The number of sulfonamides is 1. The molecule has 52 heavy (non-hydrogen) atoms. The number of nitrogens with one attached hydrogen (secondary N) is 6. The molecule has 0 radical (unpaired) electrons. The number of anilines is 1. The zero-order valence-corrected chi connectivity index (χ0v) is 31.2. The van der Waals surface area contributed by atoms with Crippen LogP contribution in [0.1, 0.15) is 72.3 Å². The SMILES string of the molecule is CC(C)[C@H](NC(=O)[C@H](CCCCNC(=O)OC(C)(C)C)NS(=O)(=O)c1ccccc1)C(=O)N[C@@H](CCCNC(N)=O)C(=O)Nc1ccc(CO)cc1. The van der Waals surface area contributed by atoms with Gasteiger partial charge in [0.05, 0.1) is 11.5 Å². The Labute approximate surface area is 305 Å². The number of hydrogen-bond donors (Lipinski definition) is 8. The molecule has 2 rings (SSSR count). The Bertz CT molecular complexity index is 1580. The van der Waals surface area contributed by atoms with Crippen LogP contribution in [0.5, 0.6) is 0 Å². The van der Waals surface area contributed by atoms with E-state index in [1.807, 2.05) is 0 Å². The van der Waals surface area contributed by atoms with Gasteiger partial charge in [-0.2, -0.15) is 4.72 Å². The van der Waals surface area contributed by atoms with Gasteiger partial charge in [0.1, 0.15) is 23.7 Å². The molecule has 0 saturated heterocycles. The Balaban J connectivity index is 2.22. The van der Waals surface area contributed by atoms with E-state index in [2.05, 4.69) is 31.3 Å². The summed E-state index contributed by atoms with van der Waals surface area (Å²) in [6.07, 6.45) is 0.525. The number of primary amides is 1. The van der Waals surface area contributed by atoms with Gasteiger partial charge in [-0.1, -0.05) is 44.2 Å². The molecule has 0 fully saturated rings. The Morgan fingerprint density at radius 1 is 0.788 bits per heavy atom. The molecule has 0 aliphatic heterocycles. The summed E-state index contributed by atoms with van der Waals surface area (Å²) in [7, 11) is -4.15. The molecule has 0 aliphatic rings. The first-order chi connectivity index (χ1) is 24.4. The lowest BCUT2D eigenvalue weighted by Crippen LogP contribution is -2.57. The average molecular weight is 748 g/mol. The van der Waals surface area contributed by atoms with Crippen LogP contribution in [0.3, 0.4) is 0 Å². The van der Waals surface area contributed by atoms with Crippen LogP contribution in [-0.2, 0) is 35.8 Å². The molecule has 0 unspecified atom stereocenters. The van der Waals surface area contributed by atoms with Crippen LogP contribution < -0.4 is 37.0 Å². The van der Waals surface area contributed by atoms with E-state index in [9.17, 15) is 37.5 Å². The van der Waals surface area contributed by atoms with Gasteiger partial charge in [0, 0.05) is 18.8 Å². The molecular weight excluding hydrogens is 694 g/mol. The number of benzene rings is 2. The summed E-state index contributed by atoms with van der Waals surface area (Å²) in [4.78, 5) is 63.9. The normalized spacial score (nSPS) is 13.3. The summed E-state index contributed by atoms with van der Waals surface area (Å²) >= 11 is 0. The van der Waals surface area contributed by atoms with Gasteiger partial charge in [-0.05, 0) is 88.6 Å². The minimum absolute atomic E-state index is 0.0350. The Morgan fingerprint density at radius 2 is 1.40 bits per heavy atom. The van der Waals surface area contributed by atoms with Crippen molar-refractivity contribution in [1.82, 2.24) is 26.0 Å². The largest absolute Gasteiger partial charge is 0.444 e. The Morgan fingerprint density at radius 3 is 1.98 bits per heavy atom. The smallest absolute Gasteiger partial charge is 0.407 e. The minimum atomic E-state index is -4.15. The van der Waals surface area contributed by atoms with Crippen LogP contribution in [0.4, 0.5) is 15.3 Å². The highest BCUT2D eigenvalue weighted by Crippen LogP contribution is 2.14. The zero-order chi connectivity index (χ0) is 38.9. The lowest BCUT2D eigenvalue weighted by Gasteiger charge is -2.27. The van der Waals surface area contributed by atoms with Crippen LogP contribution in [0.15, 0.2) is 59.5 Å². The van der Waals surface area contributed by atoms with E-state index in [4.69, 9.17) is 10.5 Å². The highest BCUT2D eigenvalue weighted by atomic mass is 32.2. The summed E-state index contributed by atoms with van der Waals surface area (Å²) in [6.45, 7) is 8.75. The van der Waals surface area contributed by atoms with E-state index in [0.29, 0.717) is 24.1 Å². The Hall–Kier alpha value is -4.74. The second-order valence-electron chi connectivity index (χ2n) is 13.5. The number of urea groups is 1. The lowest BCUT2D eigenvalue weighted by molar-refractivity contribution is -0.132. The van der Waals surface area contributed by atoms with Crippen LogP contribution in [0, 0.1) is 5.92 Å². The Kier molecular flexibility index (Phi) is 17.5. The number of rotatable bonds is 20. The van der Waals surface area contributed by atoms with E-state index >= 15 is 0 Å². The number of carbonyl (C=O) groups excluding carboxylic acids is 5. The van der Waals surface area contributed by atoms with Crippen LogP contribution >= 0.6 is 0 Å². The van der Waals surface area contributed by atoms with Gasteiger partial charge in [-0.25, -0.2) is 18.0 Å². The van der Waals surface area contributed by atoms with Gasteiger partial charge in [-0.3, -0.25) is 14.4 Å². The number of carbonyl (C=O) groups is 5. The molecule has 0 aliphatic carbocycles. The van der Waals surface area contributed by atoms with Crippen molar-refractivity contribution in [1.29, 1.82) is 0 Å². The minimum Gasteiger partial charge on any atom is -0.444 e. The first kappa shape index (κ1) is 43.4. The first-order valence-corrected chi connectivity index (χ1v) is 18.6. The molecule has 0 heterocycles. The predicted octanol–water partition coefficient (Wildman–Crippen LogP) is 2.23. The number of nitrogens with two attached hydrogens (primary N) is 1. The maximum absolute atomic E-state index is 13.7. The fraction of sp³-hybridized carbons (Fsp3) is 0.514. The highest BCUT2D eigenvalue weighted by molar-refractivity contribution is 7.89.